The summed E-state index contributed by atoms with van der Waals surface area (Å²) in [6.07, 6.45) is 0. The van der Waals surface area contributed by atoms with Crippen LogP contribution in [0.25, 0.3) is 0 Å². The number of hydrogen-bond acceptors (Lipinski definition) is 3. The average Bonchev–Trinajstić information content (AvgIpc) is 2.40. The number of halogens is 2. The van der Waals surface area contributed by atoms with Gasteiger partial charge in [0.15, 0.2) is 6.61 Å². The van der Waals surface area contributed by atoms with Crippen molar-refractivity contribution in [2.24, 2.45) is 0 Å². The number of nitrogens with one attached hydrogen (secondary N) is 1. The Labute approximate surface area is 120 Å². The fraction of sp³-hybridized carbons (Fsp3) is 0.0714. The second-order valence-electron chi connectivity index (χ2n) is 4.03. The second-order valence-corrected chi connectivity index (χ2v) is 4.46. The lowest BCUT2D eigenvalue weighted by atomic mass is 10.2. The maximum Gasteiger partial charge on any atom is 0.262 e. The van der Waals surface area contributed by atoms with E-state index in [2.05, 4.69) is 5.32 Å². The van der Waals surface area contributed by atoms with E-state index in [-0.39, 0.29) is 12.3 Å². The van der Waals surface area contributed by atoms with Gasteiger partial charge in [0.1, 0.15) is 11.6 Å². The zero-order valence-electron chi connectivity index (χ0n) is 10.4. The molecule has 0 heterocycles. The van der Waals surface area contributed by atoms with Crippen molar-refractivity contribution in [2.75, 3.05) is 17.7 Å². The number of hydrogen-bond donors (Lipinski definition) is 2. The second kappa shape index (κ2) is 6.25. The number of carbonyl (C=O) groups is 1. The van der Waals surface area contributed by atoms with Crippen LogP contribution in [-0.4, -0.2) is 12.5 Å². The molecule has 2 aromatic carbocycles. The molecule has 20 heavy (non-hydrogen) atoms. The summed E-state index contributed by atoms with van der Waals surface area (Å²) in [5, 5.41) is 3.05. The minimum Gasteiger partial charge on any atom is -0.484 e. The SMILES string of the molecule is Nc1cc(F)ccc1NC(=O)COc1cccc(Cl)c1. The maximum absolute atomic E-state index is 12.9. The van der Waals surface area contributed by atoms with Crippen LogP contribution in [0, 0.1) is 5.82 Å². The van der Waals surface area contributed by atoms with E-state index in [0.717, 1.165) is 6.07 Å². The van der Waals surface area contributed by atoms with Crippen molar-refractivity contribution >= 4 is 28.9 Å². The van der Waals surface area contributed by atoms with Crippen LogP contribution >= 0.6 is 11.6 Å². The van der Waals surface area contributed by atoms with Crippen LogP contribution in [-0.2, 0) is 4.79 Å². The highest BCUT2D eigenvalue weighted by Crippen LogP contribution is 2.19. The Morgan fingerprint density at radius 3 is 2.80 bits per heavy atom. The van der Waals surface area contributed by atoms with Crippen LogP contribution in [0.15, 0.2) is 42.5 Å². The van der Waals surface area contributed by atoms with Gasteiger partial charge in [-0.15, -0.1) is 0 Å². The Bertz CT molecular complexity index is 634. The number of carbonyl (C=O) groups excluding carboxylic acids is 1. The topological polar surface area (TPSA) is 64.3 Å². The van der Waals surface area contributed by atoms with Gasteiger partial charge < -0.3 is 15.8 Å². The van der Waals surface area contributed by atoms with Gasteiger partial charge in [-0.2, -0.15) is 0 Å². The first-order chi connectivity index (χ1) is 9.54. The lowest BCUT2D eigenvalue weighted by molar-refractivity contribution is -0.118. The largest absolute Gasteiger partial charge is 0.484 e. The maximum atomic E-state index is 12.9. The first-order valence-corrected chi connectivity index (χ1v) is 6.15. The third kappa shape index (κ3) is 3.86. The molecule has 0 unspecified atom stereocenters. The zero-order chi connectivity index (χ0) is 14.5. The molecular formula is C14H12ClFN2O2. The number of anilines is 2. The molecule has 0 aromatic heterocycles. The molecule has 1 amide bonds. The first kappa shape index (κ1) is 14.1. The van der Waals surface area contributed by atoms with E-state index in [1.165, 1.54) is 12.1 Å². The number of amides is 1. The summed E-state index contributed by atoms with van der Waals surface area (Å²) in [5.74, 6) is -0.376. The van der Waals surface area contributed by atoms with Crippen LogP contribution in [0.1, 0.15) is 0 Å². The summed E-state index contributed by atoms with van der Waals surface area (Å²) < 4.78 is 18.1. The molecule has 2 aromatic rings. The van der Waals surface area contributed by atoms with Crippen LogP contribution in [0.3, 0.4) is 0 Å². The normalized spacial score (nSPS) is 10.1. The van der Waals surface area contributed by atoms with E-state index in [0.29, 0.717) is 16.5 Å². The lowest BCUT2D eigenvalue weighted by Gasteiger charge is -2.09. The Hall–Kier alpha value is -2.27. The lowest BCUT2D eigenvalue weighted by Crippen LogP contribution is -2.20. The van der Waals surface area contributed by atoms with Crippen molar-refractivity contribution in [3.63, 3.8) is 0 Å². The van der Waals surface area contributed by atoms with Gasteiger partial charge in [0, 0.05) is 5.02 Å². The standard InChI is InChI=1S/C14H12ClFN2O2/c15-9-2-1-3-11(6-9)20-8-14(19)18-13-5-4-10(16)7-12(13)17/h1-7H,8,17H2,(H,18,19). The Balaban J connectivity index is 1.92. The summed E-state index contributed by atoms with van der Waals surface area (Å²) in [7, 11) is 0. The fourth-order valence-electron chi connectivity index (χ4n) is 1.54. The van der Waals surface area contributed by atoms with Crippen molar-refractivity contribution in [2.45, 2.75) is 0 Å². The fourth-order valence-corrected chi connectivity index (χ4v) is 1.72. The van der Waals surface area contributed by atoms with Crippen molar-refractivity contribution in [1.82, 2.24) is 0 Å². The molecule has 0 saturated carbocycles. The van der Waals surface area contributed by atoms with Crippen molar-refractivity contribution < 1.29 is 13.9 Å². The minimum atomic E-state index is -0.462. The van der Waals surface area contributed by atoms with Crippen LogP contribution in [0.5, 0.6) is 5.75 Å². The first-order valence-electron chi connectivity index (χ1n) is 5.78. The Kier molecular flexibility index (Phi) is 4.42. The van der Waals surface area contributed by atoms with Crippen molar-refractivity contribution in [1.29, 1.82) is 0 Å². The van der Waals surface area contributed by atoms with Gasteiger partial charge in [-0.3, -0.25) is 4.79 Å². The van der Waals surface area contributed by atoms with Crippen LogP contribution in [0.2, 0.25) is 5.02 Å². The van der Waals surface area contributed by atoms with E-state index in [4.69, 9.17) is 22.1 Å². The van der Waals surface area contributed by atoms with E-state index in [1.54, 1.807) is 24.3 Å². The Morgan fingerprint density at radius 2 is 2.10 bits per heavy atom. The molecule has 0 spiro atoms. The molecular weight excluding hydrogens is 283 g/mol. The highest BCUT2D eigenvalue weighted by molar-refractivity contribution is 6.30. The molecule has 2 rings (SSSR count). The summed E-state index contributed by atoms with van der Waals surface area (Å²) in [6, 6.07) is 10.4. The number of nitrogen functional groups attached to an aromatic ring is 1. The molecule has 0 radical (unpaired) electrons. The van der Waals surface area contributed by atoms with Crippen LogP contribution < -0.4 is 15.8 Å². The number of benzene rings is 2. The van der Waals surface area contributed by atoms with Crippen molar-refractivity contribution in [3.8, 4) is 5.75 Å². The Morgan fingerprint density at radius 1 is 1.30 bits per heavy atom. The van der Waals surface area contributed by atoms with Gasteiger partial charge in [-0.1, -0.05) is 17.7 Å². The van der Waals surface area contributed by atoms with Crippen molar-refractivity contribution in [3.05, 3.63) is 53.3 Å². The molecule has 0 aliphatic heterocycles. The molecule has 6 heteroatoms. The van der Waals surface area contributed by atoms with E-state index in [9.17, 15) is 9.18 Å². The monoisotopic (exact) mass is 294 g/mol. The summed E-state index contributed by atoms with van der Waals surface area (Å²) in [5.41, 5.74) is 6.08. The van der Waals surface area contributed by atoms with Gasteiger partial charge >= 0.3 is 0 Å². The molecule has 104 valence electrons. The highest BCUT2D eigenvalue weighted by Gasteiger charge is 2.07. The van der Waals surface area contributed by atoms with E-state index < -0.39 is 11.7 Å². The molecule has 0 atom stereocenters. The smallest absolute Gasteiger partial charge is 0.262 e. The molecule has 0 aliphatic carbocycles. The number of nitrogens with two attached hydrogens (primary N) is 1. The van der Waals surface area contributed by atoms with E-state index in [1.807, 2.05) is 0 Å². The zero-order valence-corrected chi connectivity index (χ0v) is 11.2. The predicted octanol–water partition coefficient (Wildman–Crippen LogP) is 3.08. The molecule has 4 nitrogen and oxygen atoms in total. The average molecular weight is 295 g/mol. The van der Waals surface area contributed by atoms with Crippen LogP contribution in [0.4, 0.5) is 15.8 Å². The third-order valence-corrected chi connectivity index (χ3v) is 2.69. The summed E-state index contributed by atoms with van der Waals surface area (Å²) >= 11 is 5.79. The molecule has 0 aliphatic rings. The molecule has 0 fully saturated rings. The van der Waals surface area contributed by atoms with Gasteiger partial charge in [0.05, 0.1) is 11.4 Å². The summed E-state index contributed by atoms with van der Waals surface area (Å²) in [6.45, 7) is -0.197. The summed E-state index contributed by atoms with van der Waals surface area (Å²) in [4.78, 5) is 11.7. The van der Waals surface area contributed by atoms with Gasteiger partial charge in [0.25, 0.3) is 5.91 Å². The minimum absolute atomic E-state index is 0.154. The molecule has 3 N–H and O–H groups in total. The third-order valence-electron chi connectivity index (χ3n) is 2.45. The highest BCUT2D eigenvalue weighted by atomic mass is 35.5. The predicted molar refractivity (Wildman–Crippen MR) is 76.4 cm³/mol. The molecule has 0 bridgehead atoms. The molecule has 0 saturated heterocycles. The van der Waals surface area contributed by atoms with Gasteiger partial charge in [0.2, 0.25) is 0 Å². The van der Waals surface area contributed by atoms with Gasteiger partial charge in [-0.25, -0.2) is 4.39 Å². The van der Waals surface area contributed by atoms with Gasteiger partial charge in [-0.05, 0) is 36.4 Å². The number of rotatable bonds is 4. The quantitative estimate of drug-likeness (QED) is 0.852. The number of ether oxygens (including phenoxy) is 1. The van der Waals surface area contributed by atoms with E-state index >= 15 is 0 Å².